The van der Waals surface area contributed by atoms with E-state index in [0.29, 0.717) is 18.9 Å². The van der Waals surface area contributed by atoms with Crippen LogP contribution in [0.15, 0.2) is 44.4 Å². The summed E-state index contributed by atoms with van der Waals surface area (Å²) in [6.45, 7) is 1.15. The fourth-order valence-electron chi connectivity index (χ4n) is 1.91. The van der Waals surface area contributed by atoms with Crippen molar-refractivity contribution >= 4 is 43.0 Å². The second-order valence-electron chi connectivity index (χ2n) is 4.36. The molecule has 112 valence electrons. The molecule has 2 heterocycles. The van der Waals surface area contributed by atoms with Crippen molar-refractivity contribution in [3.63, 3.8) is 0 Å². The van der Waals surface area contributed by atoms with Gasteiger partial charge in [0, 0.05) is 11.3 Å². The molecule has 1 saturated heterocycles. The summed E-state index contributed by atoms with van der Waals surface area (Å²) in [4.78, 5) is 0. The van der Waals surface area contributed by atoms with Crippen molar-refractivity contribution in [1.82, 2.24) is 0 Å². The van der Waals surface area contributed by atoms with Crippen molar-refractivity contribution < 1.29 is 17.9 Å². The van der Waals surface area contributed by atoms with Gasteiger partial charge in [0.25, 0.3) is 10.0 Å². The van der Waals surface area contributed by atoms with Crippen LogP contribution in [0, 0.1) is 0 Å². The molecule has 1 N–H and O–H groups in total. The minimum atomic E-state index is -3.55. The van der Waals surface area contributed by atoms with Crippen molar-refractivity contribution in [1.29, 1.82) is 0 Å². The maximum atomic E-state index is 12.2. The molecule has 8 heteroatoms. The first-order chi connectivity index (χ1) is 10.0. The molecule has 0 saturated carbocycles. The molecule has 5 nitrogen and oxygen atoms in total. The summed E-state index contributed by atoms with van der Waals surface area (Å²) >= 11 is 4.42. The van der Waals surface area contributed by atoms with Crippen LogP contribution in [0.5, 0.6) is 0 Å². The van der Waals surface area contributed by atoms with Crippen LogP contribution in [0.25, 0.3) is 0 Å². The standard InChI is InChI=1S/C13H12BrNO4S2/c14-11-5-6-12(20-11)21(16,17)15-10-3-1-9(2-4-10)13-18-7-8-19-13/h1-6,13,15H,7-8H2. The largest absolute Gasteiger partial charge is 0.346 e. The molecule has 1 fully saturated rings. The second kappa shape index (κ2) is 6.05. The summed E-state index contributed by atoms with van der Waals surface area (Å²) < 4.78 is 38.7. The number of hydrogen-bond acceptors (Lipinski definition) is 5. The van der Waals surface area contributed by atoms with Crippen LogP contribution in [0.2, 0.25) is 0 Å². The summed E-state index contributed by atoms with van der Waals surface area (Å²) in [5.74, 6) is 0. The number of sulfonamides is 1. The summed E-state index contributed by atoms with van der Waals surface area (Å²) in [7, 11) is -3.55. The van der Waals surface area contributed by atoms with Crippen LogP contribution in [-0.4, -0.2) is 21.6 Å². The molecule has 0 spiro atoms. The topological polar surface area (TPSA) is 64.6 Å². The second-order valence-corrected chi connectivity index (χ2v) is 8.73. The number of benzene rings is 1. The van der Waals surface area contributed by atoms with Gasteiger partial charge in [-0.25, -0.2) is 8.42 Å². The Hall–Kier alpha value is -0.930. The van der Waals surface area contributed by atoms with Gasteiger partial charge >= 0.3 is 0 Å². The number of ether oxygens (including phenoxy) is 2. The van der Waals surface area contributed by atoms with E-state index >= 15 is 0 Å². The Morgan fingerprint density at radius 3 is 2.33 bits per heavy atom. The van der Waals surface area contributed by atoms with Crippen LogP contribution in [0.3, 0.4) is 0 Å². The predicted octanol–water partition coefficient (Wildman–Crippen LogP) is 3.36. The van der Waals surface area contributed by atoms with E-state index in [0.717, 1.165) is 20.7 Å². The first-order valence-corrected chi connectivity index (χ1v) is 9.25. The fourth-order valence-corrected chi connectivity index (χ4v) is 4.98. The third kappa shape index (κ3) is 3.46. The number of anilines is 1. The zero-order valence-electron chi connectivity index (χ0n) is 10.8. The predicted molar refractivity (Wildman–Crippen MR) is 83.9 cm³/mol. The average Bonchev–Trinajstić information content (AvgIpc) is 3.10. The maximum absolute atomic E-state index is 12.2. The number of thiophene rings is 1. The van der Waals surface area contributed by atoms with Crippen LogP contribution in [0.4, 0.5) is 5.69 Å². The molecule has 2 aromatic rings. The lowest BCUT2D eigenvalue weighted by atomic mass is 10.2. The van der Waals surface area contributed by atoms with Crippen LogP contribution >= 0.6 is 27.3 Å². The van der Waals surface area contributed by atoms with Gasteiger partial charge in [0.05, 0.1) is 17.0 Å². The summed E-state index contributed by atoms with van der Waals surface area (Å²) in [5, 5.41) is 0. The van der Waals surface area contributed by atoms with Crippen molar-refractivity contribution in [3.8, 4) is 0 Å². The van der Waals surface area contributed by atoms with E-state index < -0.39 is 10.0 Å². The number of halogens is 1. The molecule has 0 radical (unpaired) electrons. The maximum Gasteiger partial charge on any atom is 0.271 e. The van der Waals surface area contributed by atoms with Crippen molar-refractivity contribution in [2.75, 3.05) is 17.9 Å². The molecule has 21 heavy (non-hydrogen) atoms. The Balaban J connectivity index is 1.75. The van der Waals surface area contributed by atoms with Crippen molar-refractivity contribution in [2.24, 2.45) is 0 Å². The van der Waals surface area contributed by atoms with Gasteiger partial charge in [-0.2, -0.15) is 0 Å². The highest BCUT2D eigenvalue weighted by molar-refractivity contribution is 9.11. The molecule has 1 aromatic carbocycles. The van der Waals surface area contributed by atoms with Crippen molar-refractivity contribution in [2.45, 2.75) is 10.5 Å². The molecule has 0 unspecified atom stereocenters. The summed E-state index contributed by atoms with van der Waals surface area (Å²) in [6.07, 6.45) is -0.357. The van der Waals surface area contributed by atoms with E-state index in [4.69, 9.17) is 9.47 Å². The van der Waals surface area contributed by atoms with E-state index in [1.165, 1.54) is 0 Å². The van der Waals surface area contributed by atoms with Crippen molar-refractivity contribution in [3.05, 3.63) is 45.7 Å². The Kier molecular flexibility index (Phi) is 4.32. The Bertz CT molecular complexity index is 721. The van der Waals surface area contributed by atoms with Gasteiger partial charge in [0.15, 0.2) is 6.29 Å². The lowest BCUT2D eigenvalue weighted by Gasteiger charge is -2.11. The molecule has 0 bridgehead atoms. The fraction of sp³-hybridized carbons (Fsp3) is 0.231. The monoisotopic (exact) mass is 389 g/mol. The van der Waals surface area contributed by atoms with Gasteiger partial charge in [0.2, 0.25) is 0 Å². The van der Waals surface area contributed by atoms with E-state index in [1.54, 1.807) is 36.4 Å². The highest BCUT2D eigenvalue weighted by Crippen LogP contribution is 2.28. The minimum Gasteiger partial charge on any atom is -0.346 e. The zero-order chi connectivity index (χ0) is 14.9. The third-order valence-corrected chi connectivity index (χ3v) is 6.37. The van der Waals surface area contributed by atoms with E-state index in [9.17, 15) is 8.42 Å². The SMILES string of the molecule is O=S(=O)(Nc1ccc(C2OCCO2)cc1)c1ccc(Br)s1. The van der Waals surface area contributed by atoms with Crippen LogP contribution in [0.1, 0.15) is 11.9 Å². The number of rotatable bonds is 4. The Morgan fingerprint density at radius 1 is 1.10 bits per heavy atom. The quantitative estimate of drug-likeness (QED) is 0.870. The molecule has 1 aliphatic heterocycles. The highest BCUT2D eigenvalue weighted by atomic mass is 79.9. The Labute approximate surface area is 135 Å². The molecule has 0 amide bonds. The third-order valence-electron chi connectivity index (χ3n) is 2.87. The van der Waals surface area contributed by atoms with Gasteiger partial charge in [-0.15, -0.1) is 11.3 Å². The Morgan fingerprint density at radius 2 is 1.76 bits per heavy atom. The molecule has 0 atom stereocenters. The molecule has 1 aromatic heterocycles. The number of hydrogen-bond donors (Lipinski definition) is 1. The van der Waals surface area contributed by atoms with Gasteiger partial charge < -0.3 is 9.47 Å². The van der Waals surface area contributed by atoms with E-state index in [-0.39, 0.29) is 10.5 Å². The molecule has 0 aliphatic carbocycles. The lowest BCUT2D eigenvalue weighted by Crippen LogP contribution is -2.11. The van der Waals surface area contributed by atoms with Crippen LogP contribution in [-0.2, 0) is 19.5 Å². The average molecular weight is 390 g/mol. The van der Waals surface area contributed by atoms with Gasteiger partial charge in [-0.05, 0) is 40.2 Å². The van der Waals surface area contributed by atoms with Gasteiger partial charge in [-0.3, -0.25) is 4.72 Å². The van der Waals surface area contributed by atoms with Gasteiger partial charge in [-0.1, -0.05) is 12.1 Å². The first kappa shape index (κ1) is 15.0. The normalized spacial score (nSPS) is 16.2. The van der Waals surface area contributed by atoms with E-state index in [2.05, 4.69) is 20.7 Å². The summed E-state index contributed by atoms with van der Waals surface area (Å²) in [6, 6.07) is 10.2. The molecular formula is C13H12BrNO4S2. The molecule has 3 rings (SSSR count). The van der Waals surface area contributed by atoms with Crippen LogP contribution < -0.4 is 4.72 Å². The van der Waals surface area contributed by atoms with Gasteiger partial charge in [0.1, 0.15) is 4.21 Å². The molecular weight excluding hydrogens is 378 g/mol. The zero-order valence-corrected chi connectivity index (χ0v) is 14.0. The summed E-state index contributed by atoms with van der Waals surface area (Å²) in [5.41, 5.74) is 1.37. The lowest BCUT2D eigenvalue weighted by molar-refractivity contribution is -0.0441. The smallest absolute Gasteiger partial charge is 0.271 e. The number of nitrogens with one attached hydrogen (secondary N) is 1. The first-order valence-electron chi connectivity index (χ1n) is 6.16. The molecule has 1 aliphatic rings. The van der Waals surface area contributed by atoms with E-state index in [1.807, 2.05) is 0 Å². The minimum absolute atomic E-state index is 0.265. The highest BCUT2D eigenvalue weighted by Gasteiger charge is 2.19.